The molecule has 6 nitrogen and oxygen atoms in total. The van der Waals surface area contributed by atoms with Crippen LogP contribution in [0, 0.1) is 11.8 Å². The molecule has 118 valence electrons. The number of carbonyl (C=O) groups excluding carboxylic acids is 1. The van der Waals surface area contributed by atoms with Crippen molar-refractivity contribution in [2.24, 2.45) is 11.8 Å². The Morgan fingerprint density at radius 3 is 2.38 bits per heavy atom. The summed E-state index contributed by atoms with van der Waals surface area (Å²) < 4.78 is 5.32. The number of urea groups is 1. The Morgan fingerprint density at radius 2 is 1.81 bits per heavy atom. The number of nitrogens with zero attached hydrogens (tertiary/aromatic N) is 1. The van der Waals surface area contributed by atoms with Crippen LogP contribution in [-0.2, 0) is 9.53 Å². The SMILES string of the molecule is O=C(O)CC1(NC(=O)N2C[C@H]3CCC[C@H]3C2)CCOCC1. The van der Waals surface area contributed by atoms with Crippen LogP contribution in [0.15, 0.2) is 0 Å². The summed E-state index contributed by atoms with van der Waals surface area (Å²) in [6, 6.07) is -0.0902. The Labute approximate surface area is 124 Å². The number of carboxylic acid groups (broad SMARTS) is 1. The third kappa shape index (κ3) is 3.15. The van der Waals surface area contributed by atoms with Crippen molar-refractivity contribution in [3.63, 3.8) is 0 Å². The molecule has 1 aliphatic carbocycles. The van der Waals surface area contributed by atoms with Crippen LogP contribution in [0.5, 0.6) is 0 Å². The van der Waals surface area contributed by atoms with E-state index < -0.39 is 11.5 Å². The number of hydrogen-bond acceptors (Lipinski definition) is 3. The second-order valence-corrected chi connectivity index (χ2v) is 6.75. The largest absolute Gasteiger partial charge is 0.481 e. The van der Waals surface area contributed by atoms with E-state index in [9.17, 15) is 9.59 Å². The molecule has 2 amide bonds. The molecule has 0 aromatic heterocycles. The van der Waals surface area contributed by atoms with Crippen LogP contribution in [0.25, 0.3) is 0 Å². The lowest BCUT2D eigenvalue weighted by molar-refractivity contribution is -0.139. The highest BCUT2D eigenvalue weighted by Crippen LogP contribution is 2.38. The second kappa shape index (κ2) is 5.83. The van der Waals surface area contributed by atoms with Gasteiger partial charge in [-0.1, -0.05) is 6.42 Å². The maximum absolute atomic E-state index is 12.5. The molecule has 2 heterocycles. The highest BCUT2D eigenvalue weighted by molar-refractivity contribution is 5.77. The fourth-order valence-electron chi connectivity index (χ4n) is 4.10. The molecule has 6 heteroatoms. The highest BCUT2D eigenvalue weighted by Gasteiger charge is 2.41. The molecule has 0 radical (unpaired) electrons. The van der Waals surface area contributed by atoms with E-state index in [1.165, 1.54) is 19.3 Å². The number of carboxylic acids is 1. The number of amides is 2. The van der Waals surface area contributed by atoms with Crippen LogP contribution in [-0.4, -0.2) is 53.8 Å². The van der Waals surface area contributed by atoms with Crippen molar-refractivity contribution in [2.75, 3.05) is 26.3 Å². The van der Waals surface area contributed by atoms with Gasteiger partial charge in [-0.2, -0.15) is 0 Å². The van der Waals surface area contributed by atoms with Gasteiger partial charge >= 0.3 is 12.0 Å². The number of nitrogens with one attached hydrogen (secondary N) is 1. The van der Waals surface area contributed by atoms with E-state index in [1.54, 1.807) is 0 Å². The molecule has 2 N–H and O–H groups in total. The summed E-state index contributed by atoms with van der Waals surface area (Å²) in [5.41, 5.74) is -0.640. The fourth-order valence-corrected chi connectivity index (χ4v) is 4.10. The summed E-state index contributed by atoms with van der Waals surface area (Å²) in [7, 11) is 0. The Morgan fingerprint density at radius 1 is 1.19 bits per heavy atom. The molecule has 3 aliphatic rings. The molecule has 2 saturated heterocycles. The zero-order valence-corrected chi connectivity index (χ0v) is 12.3. The first-order chi connectivity index (χ1) is 10.1. The minimum Gasteiger partial charge on any atom is -0.481 e. The van der Waals surface area contributed by atoms with Crippen LogP contribution in [0.2, 0.25) is 0 Å². The first-order valence-electron chi connectivity index (χ1n) is 7.95. The zero-order chi connectivity index (χ0) is 14.9. The first kappa shape index (κ1) is 14.6. The van der Waals surface area contributed by atoms with Gasteiger partial charge in [0, 0.05) is 26.3 Å². The average Bonchev–Trinajstić information content (AvgIpc) is 2.99. The van der Waals surface area contributed by atoms with Gasteiger partial charge in [-0.05, 0) is 37.5 Å². The van der Waals surface area contributed by atoms with E-state index in [2.05, 4.69) is 5.32 Å². The van der Waals surface area contributed by atoms with Crippen molar-refractivity contribution in [2.45, 2.75) is 44.1 Å². The summed E-state index contributed by atoms with van der Waals surface area (Å²) in [6.07, 6.45) is 4.86. The Bertz CT molecular complexity index is 408. The van der Waals surface area contributed by atoms with Crippen LogP contribution in [0.4, 0.5) is 4.79 Å². The minimum atomic E-state index is -0.865. The van der Waals surface area contributed by atoms with Gasteiger partial charge in [0.25, 0.3) is 0 Å². The normalized spacial score (nSPS) is 31.0. The molecule has 0 bridgehead atoms. The predicted molar refractivity (Wildman–Crippen MR) is 76.0 cm³/mol. The molecular weight excluding hydrogens is 272 g/mol. The summed E-state index contributed by atoms with van der Waals surface area (Å²) in [5.74, 6) is 0.442. The van der Waals surface area contributed by atoms with Crippen LogP contribution in [0.3, 0.4) is 0 Å². The number of carbonyl (C=O) groups is 2. The summed E-state index contributed by atoms with van der Waals surface area (Å²) in [4.78, 5) is 25.5. The van der Waals surface area contributed by atoms with Gasteiger partial charge in [0.2, 0.25) is 0 Å². The first-order valence-corrected chi connectivity index (χ1v) is 7.95. The average molecular weight is 296 g/mol. The van der Waals surface area contributed by atoms with Crippen molar-refractivity contribution in [1.82, 2.24) is 10.2 Å². The maximum Gasteiger partial charge on any atom is 0.317 e. The molecule has 3 fully saturated rings. The van der Waals surface area contributed by atoms with Gasteiger partial charge in [-0.25, -0.2) is 4.79 Å². The molecular formula is C15H24N2O4. The Hall–Kier alpha value is -1.30. The number of ether oxygens (including phenoxy) is 1. The van der Waals surface area contributed by atoms with Gasteiger partial charge in [0.1, 0.15) is 0 Å². The van der Waals surface area contributed by atoms with Crippen molar-refractivity contribution in [3.05, 3.63) is 0 Å². The Kier molecular flexibility index (Phi) is 4.06. The highest BCUT2D eigenvalue weighted by atomic mass is 16.5. The molecule has 0 aromatic rings. The summed E-state index contributed by atoms with van der Waals surface area (Å²) in [6.45, 7) is 2.68. The van der Waals surface area contributed by atoms with E-state index in [-0.39, 0.29) is 12.5 Å². The number of hydrogen-bond donors (Lipinski definition) is 2. The number of aliphatic carboxylic acids is 1. The van der Waals surface area contributed by atoms with Crippen molar-refractivity contribution < 1.29 is 19.4 Å². The van der Waals surface area contributed by atoms with E-state index in [0.717, 1.165) is 13.1 Å². The lowest BCUT2D eigenvalue weighted by Crippen LogP contribution is -2.56. The van der Waals surface area contributed by atoms with Crippen LogP contribution in [0.1, 0.15) is 38.5 Å². The fraction of sp³-hybridized carbons (Fsp3) is 0.867. The standard InChI is InChI=1S/C15H24N2O4/c18-13(19)8-15(4-6-21-7-5-15)16-14(20)17-9-11-2-1-3-12(11)10-17/h11-12H,1-10H2,(H,16,20)(H,18,19)/t11-,12+. The monoisotopic (exact) mass is 296 g/mol. The van der Waals surface area contributed by atoms with E-state index in [4.69, 9.17) is 9.84 Å². The van der Waals surface area contributed by atoms with Gasteiger partial charge in [0.05, 0.1) is 12.0 Å². The molecule has 21 heavy (non-hydrogen) atoms. The predicted octanol–water partition coefficient (Wildman–Crippen LogP) is 1.45. The van der Waals surface area contributed by atoms with E-state index in [0.29, 0.717) is 37.9 Å². The van der Waals surface area contributed by atoms with Crippen molar-refractivity contribution in [1.29, 1.82) is 0 Å². The number of rotatable bonds is 3. The number of likely N-dealkylation sites (tertiary alicyclic amines) is 1. The van der Waals surface area contributed by atoms with E-state index in [1.807, 2.05) is 4.90 Å². The summed E-state index contributed by atoms with van der Waals surface area (Å²) in [5, 5.41) is 12.2. The number of fused-ring (bicyclic) bond motifs is 1. The molecule has 2 atom stereocenters. The zero-order valence-electron chi connectivity index (χ0n) is 12.3. The topological polar surface area (TPSA) is 78.9 Å². The van der Waals surface area contributed by atoms with Crippen LogP contribution < -0.4 is 5.32 Å². The third-order valence-corrected chi connectivity index (χ3v) is 5.33. The molecule has 0 aromatic carbocycles. The molecule has 1 saturated carbocycles. The van der Waals surface area contributed by atoms with Crippen molar-refractivity contribution in [3.8, 4) is 0 Å². The molecule has 3 rings (SSSR count). The van der Waals surface area contributed by atoms with Crippen LogP contribution >= 0.6 is 0 Å². The lowest BCUT2D eigenvalue weighted by Gasteiger charge is -2.38. The van der Waals surface area contributed by atoms with Gasteiger partial charge in [-0.3, -0.25) is 4.79 Å². The van der Waals surface area contributed by atoms with Gasteiger partial charge in [0.15, 0.2) is 0 Å². The molecule has 2 aliphatic heterocycles. The van der Waals surface area contributed by atoms with Crippen molar-refractivity contribution >= 4 is 12.0 Å². The molecule has 0 spiro atoms. The Balaban J connectivity index is 1.62. The maximum atomic E-state index is 12.5. The third-order valence-electron chi connectivity index (χ3n) is 5.33. The van der Waals surface area contributed by atoms with Gasteiger partial charge < -0.3 is 20.1 Å². The summed E-state index contributed by atoms with van der Waals surface area (Å²) >= 11 is 0. The van der Waals surface area contributed by atoms with E-state index >= 15 is 0 Å². The molecule has 0 unspecified atom stereocenters. The lowest BCUT2D eigenvalue weighted by atomic mass is 9.86. The minimum absolute atomic E-state index is 0.0250. The second-order valence-electron chi connectivity index (χ2n) is 6.75. The van der Waals surface area contributed by atoms with Gasteiger partial charge in [-0.15, -0.1) is 0 Å². The quantitative estimate of drug-likeness (QED) is 0.826. The smallest absolute Gasteiger partial charge is 0.317 e.